The summed E-state index contributed by atoms with van der Waals surface area (Å²) in [4.78, 5) is 39.2. The van der Waals surface area contributed by atoms with Crippen LogP contribution in [0.5, 0.6) is 0 Å². The number of anilines is 1. The SMILES string of the molecule is Cc1ccc(NC(=O)[C@H](CCC(N)=O)NC(=O)OC(C)(C)C)nc1. The van der Waals surface area contributed by atoms with Crippen LogP contribution in [0.1, 0.15) is 39.2 Å². The Morgan fingerprint density at radius 1 is 1.29 bits per heavy atom. The average molecular weight is 336 g/mol. The van der Waals surface area contributed by atoms with Crippen LogP contribution >= 0.6 is 0 Å². The lowest BCUT2D eigenvalue weighted by molar-refractivity contribution is -0.119. The Morgan fingerprint density at radius 3 is 2.46 bits per heavy atom. The van der Waals surface area contributed by atoms with E-state index in [1.807, 2.05) is 6.92 Å². The lowest BCUT2D eigenvalue weighted by Crippen LogP contribution is -2.46. The van der Waals surface area contributed by atoms with Gasteiger partial charge in [0.15, 0.2) is 0 Å². The number of nitrogens with zero attached hydrogens (tertiary/aromatic N) is 1. The van der Waals surface area contributed by atoms with Crippen LogP contribution in [0.2, 0.25) is 0 Å². The largest absolute Gasteiger partial charge is 0.444 e. The third kappa shape index (κ3) is 7.57. The second-order valence-electron chi connectivity index (χ2n) is 6.41. The van der Waals surface area contributed by atoms with Gasteiger partial charge in [0.1, 0.15) is 17.5 Å². The summed E-state index contributed by atoms with van der Waals surface area (Å²) in [6.07, 6.45) is 0.876. The van der Waals surface area contributed by atoms with Gasteiger partial charge < -0.3 is 21.1 Å². The number of rotatable bonds is 6. The van der Waals surface area contributed by atoms with Crippen molar-refractivity contribution in [2.75, 3.05) is 5.32 Å². The Kier molecular flexibility index (Phi) is 6.69. The minimum atomic E-state index is -0.963. The van der Waals surface area contributed by atoms with Gasteiger partial charge in [-0.15, -0.1) is 0 Å². The van der Waals surface area contributed by atoms with Crippen molar-refractivity contribution in [3.05, 3.63) is 23.9 Å². The Hall–Kier alpha value is -2.64. The molecule has 1 atom stereocenters. The van der Waals surface area contributed by atoms with Gasteiger partial charge in [0.25, 0.3) is 0 Å². The zero-order valence-electron chi connectivity index (χ0n) is 14.4. The summed E-state index contributed by atoms with van der Waals surface area (Å²) >= 11 is 0. The first-order chi connectivity index (χ1) is 11.1. The third-order valence-electron chi connectivity index (χ3n) is 2.85. The van der Waals surface area contributed by atoms with E-state index in [1.165, 1.54) is 0 Å². The fourth-order valence-electron chi connectivity index (χ4n) is 1.76. The molecule has 0 aliphatic heterocycles. The summed E-state index contributed by atoms with van der Waals surface area (Å²) in [5.41, 5.74) is 5.36. The number of carbonyl (C=O) groups is 3. The molecular formula is C16H24N4O4. The van der Waals surface area contributed by atoms with E-state index in [2.05, 4.69) is 15.6 Å². The number of nitrogens with one attached hydrogen (secondary N) is 2. The molecule has 1 aromatic rings. The Bertz CT molecular complexity index is 593. The Morgan fingerprint density at radius 2 is 1.96 bits per heavy atom. The second kappa shape index (κ2) is 8.28. The molecule has 0 aromatic carbocycles. The van der Waals surface area contributed by atoms with E-state index in [9.17, 15) is 14.4 Å². The Labute approximate surface area is 141 Å². The van der Waals surface area contributed by atoms with Gasteiger partial charge in [0.05, 0.1) is 0 Å². The fourth-order valence-corrected chi connectivity index (χ4v) is 1.76. The first-order valence-corrected chi connectivity index (χ1v) is 7.58. The first-order valence-electron chi connectivity index (χ1n) is 7.58. The van der Waals surface area contributed by atoms with Crippen molar-refractivity contribution in [2.45, 2.75) is 52.2 Å². The highest BCUT2D eigenvalue weighted by molar-refractivity contribution is 5.96. The molecule has 0 unspecified atom stereocenters. The standard InChI is InChI=1S/C16H24N4O4/c1-10-5-8-13(18-9-10)20-14(22)11(6-7-12(17)21)19-15(23)24-16(2,3)4/h5,8-9,11H,6-7H2,1-4H3,(H2,17,21)(H,19,23)(H,18,20,22)/t11-/m0/s1. The van der Waals surface area contributed by atoms with Crippen LogP contribution in [0.3, 0.4) is 0 Å². The van der Waals surface area contributed by atoms with E-state index >= 15 is 0 Å². The summed E-state index contributed by atoms with van der Waals surface area (Å²) in [5, 5.41) is 5.04. The van der Waals surface area contributed by atoms with Crippen LogP contribution in [-0.2, 0) is 14.3 Å². The summed E-state index contributed by atoms with van der Waals surface area (Å²) in [7, 11) is 0. The van der Waals surface area contributed by atoms with Gasteiger partial charge in [-0.1, -0.05) is 6.07 Å². The highest BCUT2D eigenvalue weighted by Gasteiger charge is 2.25. The molecule has 1 rings (SSSR count). The quantitative estimate of drug-likeness (QED) is 0.726. The maximum absolute atomic E-state index is 12.3. The highest BCUT2D eigenvalue weighted by Crippen LogP contribution is 2.09. The lowest BCUT2D eigenvalue weighted by Gasteiger charge is -2.23. The number of amides is 3. The molecule has 0 spiro atoms. The number of nitrogens with two attached hydrogens (primary N) is 1. The van der Waals surface area contributed by atoms with E-state index < -0.39 is 29.6 Å². The van der Waals surface area contributed by atoms with Crippen molar-refractivity contribution < 1.29 is 19.1 Å². The predicted molar refractivity (Wildman–Crippen MR) is 89.2 cm³/mol. The molecule has 8 nitrogen and oxygen atoms in total. The average Bonchev–Trinajstić information content (AvgIpc) is 2.43. The molecule has 4 N–H and O–H groups in total. The summed E-state index contributed by atoms with van der Waals surface area (Å²) in [6.45, 7) is 7.00. The number of ether oxygens (including phenoxy) is 1. The van der Waals surface area contributed by atoms with Crippen molar-refractivity contribution in [3.8, 4) is 0 Å². The Balaban J connectivity index is 2.75. The van der Waals surface area contributed by atoms with E-state index in [-0.39, 0.29) is 12.8 Å². The van der Waals surface area contributed by atoms with Crippen LogP contribution in [0, 0.1) is 6.92 Å². The maximum Gasteiger partial charge on any atom is 0.408 e. The number of pyridine rings is 1. The minimum absolute atomic E-state index is 0.0464. The van der Waals surface area contributed by atoms with Gasteiger partial charge in [-0.05, 0) is 45.7 Å². The molecule has 0 aliphatic carbocycles. The molecule has 3 amide bonds. The van der Waals surface area contributed by atoms with E-state index in [0.717, 1.165) is 5.56 Å². The summed E-state index contributed by atoms with van der Waals surface area (Å²) < 4.78 is 5.13. The predicted octanol–water partition coefficient (Wildman–Crippen LogP) is 1.49. The molecule has 1 heterocycles. The van der Waals surface area contributed by atoms with Crippen molar-refractivity contribution in [1.82, 2.24) is 10.3 Å². The van der Waals surface area contributed by atoms with Crippen LogP contribution in [0.25, 0.3) is 0 Å². The summed E-state index contributed by atoms with van der Waals surface area (Å²) in [6, 6.07) is 2.48. The molecule has 0 bridgehead atoms. The third-order valence-corrected chi connectivity index (χ3v) is 2.85. The maximum atomic E-state index is 12.3. The normalized spacial score (nSPS) is 12.2. The van der Waals surface area contributed by atoms with Gasteiger partial charge in [0.2, 0.25) is 11.8 Å². The molecule has 0 radical (unpaired) electrons. The number of aromatic nitrogens is 1. The molecule has 0 fully saturated rings. The molecular weight excluding hydrogens is 312 g/mol. The van der Waals surface area contributed by atoms with Crippen LogP contribution in [0.4, 0.5) is 10.6 Å². The highest BCUT2D eigenvalue weighted by atomic mass is 16.6. The van der Waals surface area contributed by atoms with E-state index in [1.54, 1.807) is 39.1 Å². The number of hydrogen-bond acceptors (Lipinski definition) is 5. The molecule has 1 aromatic heterocycles. The second-order valence-corrected chi connectivity index (χ2v) is 6.41. The number of carbonyl (C=O) groups excluding carboxylic acids is 3. The number of alkyl carbamates (subject to hydrolysis) is 1. The minimum Gasteiger partial charge on any atom is -0.444 e. The van der Waals surface area contributed by atoms with Crippen LogP contribution < -0.4 is 16.4 Å². The number of primary amides is 1. The van der Waals surface area contributed by atoms with Crippen molar-refractivity contribution in [1.29, 1.82) is 0 Å². The topological polar surface area (TPSA) is 123 Å². The summed E-state index contributed by atoms with van der Waals surface area (Å²) in [5.74, 6) is -0.716. The molecule has 24 heavy (non-hydrogen) atoms. The molecule has 132 valence electrons. The zero-order valence-corrected chi connectivity index (χ0v) is 14.4. The van der Waals surface area contributed by atoms with E-state index in [0.29, 0.717) is 5.82 Å². The van der Waals surface area contributed by atoms with Crippen LogP contribution in [-0.4, -0.2) is 34.5 Å². The lowest BCUT2D eigenvalue weighted by atomic mass is 10.1. The van der Waals surface area contributed by atoms with Gasteiger partial charge >= 0.3 is 6.09 Å². The van der Waals surface area contributed by atoms with E-state index in [4.69, 9.17) is 10.5 Å². The van der Waals surface area contributed by atoms with Gasteiger partial charge in [-0.2, -0.15) is 0 Å². The first kappa shape index (κ1) is 19.4. The van der Waals surface area contributed by atoms with Gasteiger partial charge in [-0.3, -0.25) is 9.59 Å². The fraction of sp³-hybridized carbons (Fsp3) is 0.500. The molecule has 0 saturated heterocycles. The number of hydrogen-bond donors (Lipinski definition) is 3. The zero-order chi connectivity index (χ0) is 18.3. The van der Waals surface area contributed by atoms with Gasteiger partial charge in [0, 0.05) is 12.6 Å². The number of aryl methyl sites for hydroxylation is 1. The van der Waals surface area contributed by atoms with Gasteiger partial charge in [-0.25, -0.2) is 9.78 Å². The molecule has 0 aliphatic rings. The molecule has 0 saturated carbocycles. The van der Waals surface area contributed by atoms with Crippen LogP contribution in [0.15, 0.2) is 18.3 Å². The molecule has 8 heteroatoms. The monoisotopic (exact) mass is 336 g/mol. The smallest absolute Gasteiger partial charge is 0.408 e. The van der Waals surface area contributed by atoms with Crippen molar-refractivity contribution >= 4 is 23.7 Å². The van der Waals surface area contributed by atoms with Crippen molar-refractivity contribution in [2.24, 2.45) is 5.73 Å². The van der Waals surface area contributed by atoms with Crippen molar-refractivity contribution in [3.63, 3.8) is 0 Å².